The van der Waals surface area contributed by atoms with E-state index >= 15 is 0 Å². The van der Waals surface area contributed by atoms with Crippen molar-refractivity contribution in [2.75, 3.05) is 11.5 Å². The van der Waals surface area contributed by atoms with Gasteiger partial charge in [-0.25, -0.2) is 4.79 Å². The highest BCUT2D eigenvalue weighted by Gasteiger charge is 2.38. The van der Waals surface area contributed by atoms with Crippen LogP contribution in [0.1, 0.15) is 27.2 Å². The number of ether oxygens (including phenoxy) is 2. The molecule has 122 valence electrons. The largest absolute Gasteiger partial charge is 0.509 e. The summed E-state index contributed by atoms with van der Waals surface area (Å²) in [4.78, 5) is 13.2. The van der Waals surface area contributed by atoms with Crippen LogP contribution < -0.4 is 0 Å². The van der Waals surface area contributed by atoms with Crippen molar-refractivity contribution in [3.63, 3.8) is 0 Å². The Kier molecular flexibility index (Phi) is 4.53. The Hall–Kier alpha value is -1.68. The molecule has 4 heteroatoms. The van der Waals surface area contributed by atoms with Crippen molar-refractivity contribution in [1.82, 2.24) is 0 Å². The maximum absolute atomic E-state index is 11.8. The lowest BCUT2D eigenvalue weighted by Crippen LogP contribution is -2.28. The molecule has 0 aliphatic carbocycles. The van der Waals surface area contributed by atoms with E-state index in [2.05, 4.69) is 42.5 Å². The van der Waals surface area contributed by atoms with Crippen molar-refractivity contribution in [3.8, 4) is 0 Å². The standard InChI is InChI=1S/C19H23O3S/c1-19(2,3)22-18(20)21-15-11-12-23(13-15)17-10-6-8-14-7-4-5-9-16(14)17/h4-10,15H,11-13H2,1-3H3/q+1. The van der Waals surface area contributed by atoms with Crippen molar-refractivity contribution in [3.05, 3.63) is 42.5 Å². The summed E-state index contributed by atoms with van der Waals surface area (Å²) < 4.78 is 10.7. The van der Waals surface area contributed by atoms with E-state index in [1.165, 1.54) is 15.7 Å². The van der Waals surface area contributed by atoms with Crippen molar-refractivity contribution >= 4 is 27.8 Å². The first-order valence-electron chi connectivity index (χ1n) is 7.97. The van der Waals surface area contributed by atoms with Crippen LogP contribution in [-0.4, -0.2) is 29.4 Å². The van der Waals surface area contributed by atoms with Crippen LogP contribution in [-0.2, 0) is 20.4 Å². The summed E-state index contributed by atoms with van der Waals surface area (Å²) in [5.41, 5.74) is -0.507. The summed E-state index contributed by atoms with van der Waals surface area (Å²) >= 11 is 0. The predicted molar refractivity (Wildman–Crippen MR) is 95.0 cm³/mol. The van der Waals surface area contributed by atoms with Crippen LogP contribution in [0.25, 0.3) is 10.8 Å². The molecule has 0 bridgehead atoms. The van der Waals surface area contributed by atoms with E-state index in [1.807, 2.05) is 20.8 Å². The Morgan fingerprint density at radius 2 is 1.87 bits per heavy atom. The number of carbonyl (C=O) groups excluding carboxylic acids is 1. The van der Waals surface area contributed by atoms with E-state index in [-0.39, 0.29) is 17.0 Å². The minimum atomic E-state index is -0.550. The lowest BCUT2D eigenvalue weighted by atomic mass is 10.1. The van der Waals surface area contributed by atoms with Crippen LogP contribution in [0.3, 0.4) is 0 Å². The molecule has 3 rings (SSSR count). The average molecular weight is 331 g/mol. The zero-order valence-electron chi connectivity index (χ0n) is 13.9. The number of hydrogen-bond acceptors (Lipinski definition) is 3. The molecule has 0 radical (unpaired) electrons. The zero-order valence-corrected chi connectivity index (χ0v) is 14.7. The van der Waals surface area contributed by atoms with Gasteiger partial charge in [0.25, 0.3) is 0 Å². The second kappa shape index (κ2) is 6.44. The highest BCUT2D eigenvalue weighted by molar-refractivity contribution is 7.97. The van der Waals surface area contributed by atoms with Gasteiger partial charge in [0.1, 0.15) is 11.4 Å². The highest BCUT2D eigenvalue weighted by atomic mass is 32.2. The van der Waals surface area contributed by atoms with Crippen molar-refractivity contribution in [1.29, 1.82) is 0 Å². The molecule has 1 saturated heterocycles. The van der Waals surface area contributed by atoms with Gasteiger partial charge in [0.15, 0.2) is 16.8 Å². The van der Waals surface area contributed by atoms with Gasteiger partial charge in [-0.2, -0.15) is 0 Å². The zero-order chi connectivity index (χ0) is 16.4. The second-order valence-corrected chi connectivity index (χ2v) is 9.00. The third-order valence-corrected chi connectivity index (χ3v) is 6.27. The quantitative estimate of drug-likeness (QED) is 0.598. The fourth-order valence-corrected chi connectivity index (χ4v) is 5.38. The molecule has 23 heavy (non-hydrogen) atoms. The number of benzene rings is 2. The third-order valence-electron chi connectivity index (χ3n) is 3.79. The Balaban J connectivity index is 1.69. The Morgan fingerprint density at radius 3 is 2.65 bits per heavy atom. The molecule has 1 aliphatic heterocycles. The topological polar surface area (TPSA) is 35.5 Å². The Morgan fingerprint density at radius 1 is 1.13 bits per heavy atom. The summed E-state index contributed by atoms with van der Waals surface area (Å²) in [6.45, 7) is 5.55. The van der Waals surface area contributed by atoms with Crippen LogP contribution in [0.5, 0.6) is 0 Å². The molecule has 2 aromatic carbocycles. The van der Waals surface area contributed by atoms with Crippen LogP contribution in [0.2, 0.25) is 0 Å². The SMILES string of the molecule is CC(C)(C)OC(=O)OC1CC[S+](c2cccc3ccccc23)C1. The number of carbonyl (C=O) groups is 1. The van der Waals surface area contributed by atoms with Crippen molar-refractivity contribution in [2.24, 2.45) is 0 Å². The molecule has 0 aromatic heterocycles. The normalized spacial score (nSPS) is 21.3. The van der Waals surface area contributed by atoms with Gasteiger partial charge >= 0.3 is 6.16 Å². The highest BCUT2D eigenvalue weighted by Crippen LogP contribution is 2.31. The number of hydrogen-bond donors (Lipinski definition) is 0. The van der Waals surface area contributed by atoms with Gasteiger partial charge in [0.05, 0.1) is 0 Å². The third kappa shape index (κ3) is 3.99. The Bertz CT molecular complexity index is 700. The summed E-state index contributed by atoms with van der Waals surface area (Å²) in [6.07, 6.45) is 0.323. The van der Waals surface area contributed by atoms with Gasteiger partial charge in [-0.1, -0.05) is 30.3 Å². The van der Waals surface area contributed by atoms with E-state index in [0.29, 0.717) is 0 Å². The molecule has 1 aliphatic rings. The molecule has 0 N–H and O–H groups in total. The molecule has 0 amide bonds. The van der Waals surface area contributed by atoms with E-state index in [1.54, 1.807) is 0 Å². The number of rotatable bonds is 2. The van der Waals surface area contributed by atoms with Crippen LogP contribution >= 0.6 is 0 Å². The molecule has 2 unspecified atom stereocenters. The lowest BCUT2D eigenvalue weighted by Gasteiger charge is -2.19. The molecule has 2 aromatic rings. The van der Waals surface area contributed by atoms with Gasteiger partial charge < -0.3 is 9.47 Å². The van der Waals surface area contributed by atoms with Crippen LogP contribution in [0.4, 0.5) is 4.79 Å². The van der Waals surface area contributed by atoms with Gasteiger partial charge in [0, 0.05) is 22.7 Å². The van der Waals surface area contributed by atoms with Crippen molar-refractivity contribution in [2.45, 2.75) is 43.8 Å². The van der Waals surface area contributed by atoms with Crippen molar-refractivity contribution < 1.29 is 14.3 Å². The first kappa shape index (κ1) is 16.2. The summed E-state index contributed by atoms with van der Waals surface area (Å²) in [7, 11) is 0.132. The monoisotopic (exact) mass is 331 g/mol. The average Bonchev–Trinajstić information content (AvgIpc) is 2.92. The fourth-order valence-electron chi connectivity index (χ4n) is 2.82. The van der Waals surface area contributed by atoms with Gasteiger partial charge in [0.2, 0.25) is 0 Å². The van der Waals surface area contributed by atoms with Gasteiger partial charge in [-0.3, -0.25) is 0 Å². The predicted octanol–water partition coefficient (Wildman–Crippen LogP) is 4.54. The molecule has 0 saturated carbocycles. The molecule has 1 heterocycles. The molecular weight excluding hydrogens is 308 g/mol. The molecular formula is C19H23O3S+. The molecule has 3 nitrogen and oxygen atoms in total. The maximum atomic E-state index is 11.8. The Labute approximate surface area is 140 Å². The minimum absolute atomic E-state index is 0.0350. The summed E-state index contributed by atoms with van der Waals surface area (Å²) in [5, 5.41) is 2.59. The van der Waals surface area contributed by atoms with E-state index < -0.39 is 11.8 Å². The lowest BCUT2D eigenvalue weighted by molar-refractivity contribution is -0.0217. The van der Waals surface area contributed by atoms with Crippen LogP contribution in [0.15, 0.2) is 47.4 Å². The molecule has 1 fully saturated rings. The van der Waals surface area contributed by atoms with E-state index in [4.69, 9.17) is 9.47 Å². The molecule has 0 spiro atoms. The summed E-state index contributed by atoms with van der Waals surface area (Å²) in [6, 6.07) is 15.0. The summed E-state index contributed by atoms with van der Waals surface area (Å²) in [5.74, 6) is 1.97. The fraction of sp³-hybridized carbons (Fsp3) is 0.421. The van der Waals surface area contributed by atoms with Gasteiger partial charge in [-0.15, -0.1) is 0 Å². The molecule has 2 atom stereocenters. The second-order valence-electron chi connectivity index (χ2n) is 6.83. The van der Waals surface area contributed by atoms with Crippen LogP contribution in [0, 0.1) is 0 Å². The smallest absolute Gasteiger partial charge is 0.429 e. The maximum Gasteiger partial charge on any atom is 0.509 e. The first-order chi connectivity index (χ1) is 10.9. The van der Waals surface area contributed by atoms with E-state index in [9.17, 15) is 4.79 Å². The van der Waals surface area contributed by atoms with E-state index in [0.717, 1.165) is 17.9 Å². The minimum Gasteiger partial charge on any atom is -0.429 e. The number of fused-ring (bicyclic) bond motifs is 1. The first-order valence-corrected chi connectivity index (χ1v) is 9.53. The van der Waals surface area contributed by atoms with Gasteiger partial charge in [-0.05, 0) is 38.3 Å².